The third kappa shape index (κ3) is 11.8. The number of carbonyl (C=O) groups is 5. The summed E-state index contributed by atoms with van der Waals surface area (Å²) in [6, 6.07) is -4.75. The van der Waals surface area contributed by atoms with Crippen LogP contribution in [0.25, 0.3) is 0 Å². The average Bonchev–Trinajstić information content (AvgIpc) is 2.80. The Bertz CT molecular complexity index is 802. The standard InChI is InChI=1S/C22H41N7O7/c1-5-11(3)16(19(33)27-14(21(35)36)8-7-9-26-22(24)25)29-20(34)17(12(4)6-2)28-18(32)13(23)10-15(30)31/h11-14,16-17H,5-10,23H2,1-4H3,(H,27,33)(H,28,32)(H,29,34)(H,30,31)(H,35,36)(H4,24,25,26). The zero-order valence-corrected chi connectivity index (χ0v) is 21.3. The molecule has 0 saturated heterocycles. The fourth-order valence-corrected chi connectivity index (χ4v) is 3.21. The summed E-state index contributed by atoms with van der Waals surface area (Å²) >= 11 is 0. The van der Waals surface area contributed by atoms with Crippen LogP contribution in [0.3, 0.4) is 0 Å². The highest BCUT2D eigenvalue weighted by atomic mass is 16.4. The van der Waals surface area contributed by atoms with Crippen molar-refractivity contribution in [3.8, 4) is 0 Å². The number of carboxylic acid groups (broad SMARTS) is 2. The molecule has 3 amide bonds. The van der Waals surface area contributed by atoms with Gasteiger partial charge in [-0.25, -0.2) is 4.79 Å². The number of aliphatic imine (C=N–C) groups is 1. The van der Waals surface area contributed by atoms with Gasteiger partial charge in [0.15, 0.2) is 5.96 Å². The second-order valence-electron chi connectivity index (χ2n) is 8.80. The van der Waals surface area contributed by atoms with Crippen LogP contribution >= 0.6 is 0 Å². The molecule has 36 heavy (non-hydrogen) atoms. The summed E-state index contributed by atoms with van der Waals surface area (Å²) in [6.07, 6.45) is 0.729. The largest absolute Gasteiger partial charge is 0.481 e. The lowest BCUT2D eigenvalue weighted by Crippen LogP contribution is -2.60. The first-order valence-corrected chi connectivity index (χ1v) is 11.9. The summed E-state index contributed by atoms with van der Waals surface area (Å²) < 4.78 is 0. The van der Waals surface area contributed by atoms with Gasteiger partial charge in [-0.05, 0) is 24.7 Å². The first-order chi connectivity index (χ1) is 16.7. The molecule has 0 aromatic carbocycles. The monoisotopic (exact) mass is 515 g/mol. The zero-order chi connectivity index (χ0) is 28.0. The molecule has 0 heterocycles. The molecular formula is C22H41N7O7. The van der Waals surface area contributed by atoms with Gasteiger partial charge in [0.05, 0.1) is 12.5 Å². The first kappa shape index (κ1) is 32.6. The van der Waals surface area contributed by atoms with Crippen LogP contribution in [0.2, 0.25) is 0 Å². The van der Waals surface area contributed by atoms with E-state index in [0.29, 0.717) is 19.3 Å². The Balaban J connectivity index is 5.57. The number of rotatable bonds is 17. The van der Waals surface area contributed by atoms with Crippen LogP contribution in [0.4, 0.5) is 0 Å². The van der Waals surface area contributed by atoms with Crippen molar-refractivity contribution in [3.63, 3.8) is 0 Å². The van der Waals surface area contributed by atoms with Crippen LogP contribution in [-0.2, 0) is 24.0 Å². The number of hydrogen-bond acceptors (Lipinski definition) is 7. The van der Waals surface area contributed by atoms with E-state index in [0.717, 1.165) is 0 Å². The molecule has 0 spiro atoms. The topological polar surface area (TPSA) is 252 Å². The van der Waals surface area contributed by atoms with Gasteiger partial charge < -0.3 is 43.4 Å². The molecule has 14 heteroatoms. The molecule has 0 aliphatic heterocycles. The van der Waals surface area contributed by atoms with Gasteiger partial charge in [-0.1, -0.05) is 40.5 Å². The second-order valence-corrected chi connectivity index (χ2v) is 8.80. The fourth-order valence-electron chi connectivity index (χ4n) is 3.21. The van der Waals surface area contributed by atoms with E-state index in [1.54, 1.807) is 27.7 Å². The zero-order valence-electron chi connectivity index (χ0n) is 21.3. The van der Waals surface area contributed by atoms with E-state index in [1.807, 2.05) is 0 Å². The Kier molecular flexibility index (Phi) is 14.7. The molecule has 0 radical (unpaired) electrons. The van der Waals surface area contributed by atoms with Crippen molar-refractivity contribution in [1.29, 1.82) is 0 Å². The maximum atomic E-state index is 13.1. The number of nitrogens with zero attached hydrogens (tertiary/aromatic N) is 1. The highest BCUT2D eigenvalue weighted by molar-refractivity contribution is 5.95. The van der Waals surface area contributed by atoms with Crippen LogP contribution in [0.15, 0.2) is 4.99 Å². The van der Waals surface area contributed by atoms with Crippen molar-refractivity contribution in [2.75, 3.05) is 6.54 Å². The van der Waals surface area contributed by atoms with Crippen LogP contribution < -0.4 is 33.2 Å². The van der Waals surface area contributed by atoms with Crippen LogP contribution in [0.1, 0.15) is 59.8 Å². The molecule has 0 bridgehead atoms. The molecule has 0 aromatic heterocycles. The molecule has 0 aliphatic rings. The minimum atomic E-state index is -1.36. The van der Waals surface area contributed by atoms with Gasteiger partial charge in [0.25, 0.3) is 0 Å². The van der Waals surface area contributed by atoms with E-state index in [9.17, 15) is 29.1 Å². The minimum Gasteiger partial charge on any atom is -0.481 e. The summed E-state index contributed by atoms with van der Waals surface area (Å²) in [5.41, 5.74) is 16.1. The summed E-state index contributed by atoms with van der Waals surface area (Å²) in [6.45, 7) is 7.22. The Morgan fingerprint density at radius 2 is 1.31 bits per heavy atom. The van der Waals surface area contributed by atoms with Crippen LogP contribution in [0.5, 0.6) is 0 Å². The molecule has 0 rings (SSSR count). The van der Waals surface area contributed by atoms with Gasteiger partial charge in [0, 0.05) is 6.54 Å². The second kappa shape index (κ2) is 16.3. The molecule has 14 nitrogen and oxygen atoms in total. The molecule has 206 valence electrons. The van der Waals surface area contributed by atoms with Crippen molar-refractivity contribution >= 4 is 35.6 Å². The minimum absolute atomic E-state index is 0.0616. The van der Waals surface area contributed by atoms with E-state index < -0.39 is 60.2 Å². The Morgan fingerprint density at radius 3 is 1.72 bits per heavy atom. The van der Waals surface area contributed by atoms with E-state index in [4.69, 9.17) is 22.3 Å². The van der Waals surface area contributed by atoms with Crippen LogP contribution in [-0.4, -0.2) is 76.5 Å². The number of hydrogen-bond donors (Lipinski definition) is 8. The normalized spacial score (nSPS) is 15.8. The van der Waals surface area contributed by atoms with Gasteiger partial charge in [-0.15, -0.1) is 0 Å². The first-order valence-electron chi connectivity index (χ1n) is 11.9. The van der Waals surface area contributed by atoms with Crippen molar-refractivity contribution in [2.45, 2.75) is 84.0 Å². The number of guanidine groups is 1. The molecule has 0 aromatic rings. The smallest absolute Gasteiger partial charge is 0.326 e. The fraction of sp³-hybridized carbons (Fsp3) is 0.727. The molecule has 0 saturated carbocycles. The molecule has 6 unspecified atom stereocenters. The van der Waals surface area contributed by atoms with E-state index in [2.05, 4.69) is 20.9 Å². The Labute approximate surface area is 210 Å². The third-order valence-corrected chi connectivity index (χ3v) is 5.88. The summed E-state index contributed by atoms with van der Waals surface area (Å²) in [5.74, 6) is -5.54. The van der Waals surface area contributed by atoms with E-state index >= 15 is 0 Å². The number of nitrogens with two attached hydrogens (primary N) is 3. The van der Waals surface area contributed by atoms with Crippen molar-refractivity contribution in [1.82, 2.24) is 16.0 Å². The predicted octanol–water partition coefficient (Wildman–Crippen LogP) is -1.53. The van der Waals surface area contributed by atoms with Crippen LogP contribution in [0, 0.1) is 11.8 Å². The van der Waals surface area contributed by atoms with E-state index in [1.165, 1.54) is 0 Å². The Morgan fingerprint density at radius 1 is 0.833 bits per heavy atom. The maximum Gasteiger partial charge on any atom is 0.326 e. The number of amides is 3. The van der Waals surface area contributed by atoms with Gasteiger partial charge in [-0.3, -0.25) is 24.2 Å². The van der Waals surface area contributed by atoms with Crippen molar-refractivity contribution in [2.24, 2.45) is 34.0 Å². The number of carboxylic acids is 2. The van der Waals surface area contributed by atoms with Crippen molar-refractivity contribution in [3.05, 3.63) is 0 Å². The Hall–Kier alpha value is -3.42. The summed E-state index contributed by atoms with van der Waals surface area (Å²) in [7, 11) is 0. The predicted molar refractivity (Wildman–Crippen MR) is 132 cm³/mol. The third-order valence-electron chi connectivity index (χ3n) is 5.88. The number of nitrogens with one attached hydrogen (secondary N) is 3. The van der Waals surface area contributed by atoms with Gasteiger partial charge in [-0.2, -0.15) is 0 Å². The molecule has 0 aliphatic carbocycles. The van der Waals surface area contributed by atoms with Gasteiger partial charge in [0.2, 0.25) is 17.7 Å². The lowest BCUT2D eigenvalue weighted by atomic mass is 9.94. The summed E-state index contributed by atoms with van der Waals surface area (Å²) in [4.78, 5) is 64.8. The quantitative estimate of drug-likeness (QED) is 0.0630. The van der Waals surface area contributed by atoms with Gasteiger partial charge >= 0.3 is 11.9 Å². The summed E-state index contributed by atoms with van der Waals surface area (Å²) in [5, 5.41) is 25.9. The molecule has 0 fully saturated rings. The lowest BCUT2D eigenvalue weighted by molar-refractivity contribution is -0.143. The highest BCUT2D eigenvalue weighted by Gasteiger charge is 2.34. The van der Waals surface area contributed by atoms with Crippen molar-refractivity contribution < 1.29 is 34.2 Å². The highest BCUT2D eigenvalue weighted by Crippen LogP contribution is 2.13. The lowest BCUT2D eigenvalue weighted by Gasteiger charge is -2.30. The number of carbonyl (C=O) groups excluding carboxylic acids is 3. The average molecular weight is 516 g/mol. The van der Waals surface area contributed by atoms with Gasteiger partial charge in [0.1, 0.15) is 18.1 Å². The SMILES string of the molecule is CCC(C)C(NC(=O)C(N)CC(=O)O)C(=O)NC(C(=O)NC(CCCN=C(N)N)C(=O)O)C(C)CC. The van der Waals surface area contributed by atoms with E-state index in [-0.39, 0.29) is 30.8 Å². The maximum absolute atomic E-state index is 13.1. The molecular weight excluding hydrogens is 474 g/mol. The molecule has 11 N–H and O–H groups in total. The number of aliphatic carboxylic acids is 2. The molecule has 6 atom stereocenters.